The fourth-order valence-corrected chi connectivity index (χ4v) is 5.23. The van der Waals surface area contributed by atoms with Gasteiger partial charge in [-0.25, -0.2) is 18.4 Å². The summed E-state index contributed by atoms with van der Waals surface area (Å²) < 4.78 is 31.6. The molecule has 0 saturated carbocycles. The Labute approximate surface area is 163 Å². The summed E-state index contributed by atoms with van der Waals surface area (Å²) in [6.07, 6.45) is 3.64. The molecule has 3 N–H and O–H groups in total. The highest BCUT2D eigenvalue weighted by Gasteiger charge is 2.29. The number of nitrogens with one attached hydrogen (secondary N) is 1. The van der Waals surface area contributed by atoms with Crippen molar-refractivity contribution in [2.75, 3.05) is 30.8 Å². The maximum Gasteiger partial charge on any atom is 0.212 e. The zero-order chi connectivity index (χ0) is 19.9. The maximum atomic E-state index is 13.3. The van der Waals surface area contributed by atoms with Gasteiger partial charge < -0.3 is 20.4 Å². The molecule has 1 aromatic carbocycles. The first-order valence-corrected chi connectivity index (χ1v) is 10.7. The molecule has 1 aliphatic heterocycles. The van der Waals surface area contributed by atoms with Crippen LogP contribution in [0.4, 0.5) is 11.6 Å². The number of ether oxygens (including phenoxy) is 1. The Morgan fingerprint density at radius 2 is 2.00 bits per heavy atom. The lowest BCUT2D eigenvalue weighted by molar-refractivity contribution is 0.414. The van der Waals surface area contributed by atoms with Crippen LogP contribution in [0.5, 0.6) is 5.75 Å². The van der Waals surface area contributed by atoms with E-state index in [-0.39, 0.29) is 15.6 Å². The number of nitrogens with two attached hydrogens (primary N) is 1. The Morgan fingerprint density at radius 3 is 2.68 bits per heavy atom. The number of aromatic nitrogens is 3. The molecular weight excluding hydrogens is 378 g/mol. The van der Waals surface area contributed by atoms with Gasteiger partial charge in [-0.2, -0.15) is 0 Å². The van der Waals surface area contributed by atoms with Crippen molar-refractivity contribution in [3.8, 4) is 5.75 Å². The number of piperidine rings is 1. The second kappa shape index (κ2) is 6.97. The van der Waals surface area contributed by atoms with E-state index in [1.54, 1.807) is 12.1 Å². The maximum absolute atomic E-state index is 13.3. The van der Waals surface area contributed by atoms with E-state index >= 15 is 0 Å². The van der Waals surface area contributed by atoms with E-state index in [1.165, 1.54) is 32.0 Å². The number of nitrogen functional groups attached to an aromatic ring is 1. The molecule has 8 nitrogen and oxygen atoms in total. The van der Waals surface area contributed by atoms with Gasteiger partial charge in [0, 0.05) is 13.1 Å². The summed E-state index contributed by atoms with van der Waals surface area (Å²) in [7, 11) is -2.33. The van der Waals surface area contributed by atoms with Gasteiger partial charge in [0.2, 0.25) is 9.84 Å². The lowest BCUT2D eigenvalue weighted by Crippen LogP contribution is -2.35. The predicted molar refractivity (Wildman–Crippen MR) is 107 cm³/mol. The van der Waals surface area contributed by atoms with Crippen LogP contribution in [0, 0.1) is 5.92 Å². The molecule has 2 aromatic heterocycles. The van der Waals surface area contributed by atoms with Crippen LogP contribution in [0.15, 0.2) is 40.4 Å². The van der Waals surface area contributed by atoms with Gasteiger partial charge in [-0.05, 0) is 43.0 Å². The Morgan fingerprint density at radius 1 is 1.25 bits per heavy atom. The minimum atomic E-state index is -3.86. The second-order valence-corrected chi connectivity index (χ2v) is 9.05. The van der Waals surface area contributed by atoms with Crippen LogP contribution in [0.25, 0.3) is 11.0 Å². The Bertz CT molecular complexity index is 1110. The van der Waals surface area contributed by atoms with Crippen molar-refractivity contribution in [1.82, 2.24) is 15.0 Å². The van der Waals surface area contributed by atoms with E-state index in [9.17, 15) is 8.42 Å². The topological polar surface area (TPSA) is 114 Å². The van der Waals surface area contributed by atoms with Crippen molar-refractivity contribution < 1.29 is 13.2 Å². The fourth-order valence-electron chi connectivity index (χ4n) is 3.75. The molecule has 3 heterocycles. The van der Waals surface area contributed by atoms with E-state index < -0.39 is 9.84 Å². The highest BCUT2D eigenvalue weighted by atomic mass is 32.2. The van der Waals surface area contributed by atoms with E-state index in [2.05, 4.69) is 26.8 Å². The van der Waals surface area contributed by atoms with Gasteiger partial charge in [0.15, 0.2) is 5.82 Å². The number of hydrogen-bond acceptors (Lipinski definition) is 7. The van der Waals surface area contributed by atoms with Crippen LogP contribution in [-0.4, -0.2) is 43.6 Å². The molecule has 0 amide bonds. The predicted octanol–water partition coefficient (Wildman–Crippen LogP) is 2.62. The fraction of sp³-hybridized carbons (Fsp3) is 0.368. The molecule has 4 rings (SSSR count). The number of H-pyrrole nitrogens is 1. The van der Waals surface area contributed by atoms with Crippen molar-refractivity contribution >= 4 is 32.5 Å². The van der Waals surface area contributed by atoms with E-state index in [4.69, 9.17) is 10.5 Å². The number of nitrogens with zero attached hydrogens (tertiary/aromatic N) is 3. The molecule has 1 unspecified atom stereocenters. The number of methoxy groups -OCH3 is 1. The van der Waals surface area contributed by atoms with E-state index in [0.717, 1.165) is 19.5 Å². The summed E-state index contributed by atoms with van der Waals surface area (Å²) in [6, 6.07) is 6.21. The summed E-state index contributed by atoms with van der Waals surface area (Å²) in [4.78, 5) is 14.0. The third-order valence-electron chi connectivity index (χ3n) is 5.14. The second-order valence-electron chi connectivity index (χ2n) is 7.16. The number of sulfone groups is 1. The molecule has 0 bridgehead atoms. The van der Waals surface area contributed by atoms with E-state index in [0.29, 0.717) is 28.5 Å². The van der Waals surface area contributed by atoms with Crippen LogP contribution in [-0.2, 0) is 9.84 Å². The molecule has 3 aromatic rings. The summed E-state index contributed by atoms with van der Waals surface area (Å²) in [5, 5.41) is 0. The Balaban J connectivity index is 1.84. The van der Waals surface area contributed by atoms with Gasteiger partial charge in [-0.1, -0.05) is 6.92 Å². The molecule has 9 heteroatoms. The minimum absolute atomic E-state index is 0.0126. The average Bonchev–Trinajstić information content (AvgIpc) is 3.04. The smallest absolute Gasteiger partial charge is 0.212 e. The van der Waals surface area contributed by atoms with Crippen LogP contribution in [0.2, 0.25) is 0 Å². The molecule has 0 spiro atoms. The summed E-state index contributed by atoms with van der Waals surface area (Å²) in [5.41, 5.74) is 6.99. The third kappa shape index (κ3) is 3.05. The molecule has 1 atom stereocenters. The van der Waals surface area contributed by atoms with Gasteiger partial charge in [0.05, 0.1) is 12.0 Å². The third-order valence-corrected chi connectivity index (χ3v) is 6.99. The molecule has 148 valence electrons. The number of aromatic amines is 1. The largest absolute Gasteiger partial charge is 0.497 e. The lowest BCUT2D eigenvalue weighted by atomic mass is 10.0. The number of anilines is 2. The lowest BCUT2D eigenvalue weighted by Gasteiger charge is -2.31. The molecule has 28 heavy (non-hydrogen) atoms. The number of fused-ring (bicyclic) bond motifs is 1. The number of benzene rings is 1. The summed E-state index contributed by atoms with van der Waals surface area (Å²) in [5.74, 6) is 1.89. The normalized spacial score (nSPS) is 17.8. The first-order chi connectivity index (χ1) is 13.4. The molecule has 1 fully saturated rings. The van der Waals surface area contributed by atoms with Gasteiger partial charge in [-0.15, -0.1) is 0 Å². The van der Waals surface area contributed by atoms with Crippen molar-refractivity contribution in [3.05, 3.63) is 30.6 Å². The van der Waals surface area contributed by atoms with Gasteiger partial charge in [0.1, 0.15) is 33.8 Å². The molecule has 0 radical (unpaired) electrons. The first-order valence-electron chi connectivity index (χ1n) is 9.18. The van der Waals surface area contributed by atoms with Crippen molar-refractivity contribution in [2.24, 2.45) is 5.92 Å². The van der Waals surface area contributed by atoms with Crippen LogP contribution in [0.3, 0.4) is 0 Å². The highest BCUT2D eigenvalue weighted by molar-refractivity contribution is 7.92. The zero-order valence-electron chi connectivity index (χ0n) is 15.8. The van der Waals surface area contributed by atoms with Crippen LogP contribution >= 0.6 is 0 Å². The molecule has 1 saturated heterocycles. The SMILES string of the molecule is COc1ccc(S(=O)(=O)c2c(N)[nH]c3c(N4CCCC(C)C4)ncnc23)cc1. The molecule has 1 aliphatic rings. The van der Waals surface area contributed by atoms with Crippen molar-refractivity contribution in [3.63, 3.8) is 0 Å². The van der Waals surface area contributed by atoms with E-state index in [1.807, 2.05) is 0 Å². The standard InChI is InChI=1S/C19H23N5O3S/c1-12-4-3-9-24(10-12)19-16-15(21-11-22-19)17(18(20)23-16)28(25,26)14-7-5-13(27-2)6-8-14/h5-8,11-12,23H,3-4,9-10,20H2,1-2H3. The average molecular weight is 401 g/mol. The van der Waals surface area contributed by atoms with Crippen LogP contribution < -0.4 is 15.4 Å². The first kappa shape index (κ1) is 18.5. The van der Waals surface area contributed by atoms with Crippen LogP contribution in [0.1, 0.15) is 19.8 Å². The minimum Gasteiger partial charge on any atom is -0.497 e. The monoisotopic (exact) mass is 401 g/mol. The highest BCUT2D eigenvalue weighted by Crippen LogP contribution is 2.36. The molecule has 0 aliphatic carbocycles. The van der Waals surface area contributed by atoms with Gasteiger partial charge in [-0.3, -0.25) is 0 Å². The van der Waals surface area contributed by atoms with Crippen molar-refractivity contribution in [2.45, 2.75) is 29.6 Å². The van der Waals surface area contributed by atoms with Crippen molar-refractivity contribution in [1.29, 1.82) is 0 Å². The number of rotatable bonds is 4. The Hall–Kier alpha value is -2.81. The van der Waals surface area contributed by atoms with Gasteiger partial charge in [0.25, 0.3) is 0 Å². The van der Waals surface area contributed by atoms with Gasteiger partial charge >= 0.3 is 0 Å². The molecular formula is C19H23N5O3S. The summed E-state index contributed by atoms with van der Waals surface area (Å²) >= 11 is 0. The summed E-state index contributed by atoms with van der Waals surface area (Å²) in [6.45, 7) is 3.94. The zero-order valence-corrected chi connectivity index (χ0v) is 16.7. The quantitative estimate of drug-likeness (QED) is 0.690. The Kier molecular flexibility index (Phi) is 4.62. The number of hydrogen-bond donors (Lipinski definition) is 2.